The van der Waals surface area contributed by atoms with Crippen LogP contribution in [0.25, 0.3) is 0 Å². The summed E-state index contributed by atoms with van der Waals surface area (Å²) in [6.45, 7) is 24.2. The van der Waals surface area contributed by atoms with E-state index >= 15 is 0 Å². The van der Waals surface area contributed by atoms with Crippen molar-refractivity contribution in [1.29, 1.82) is 0 Å². The van der Waals surface area contributed by atoms with E-state index in [0.717, 1.165) is 53.7 Å². The van der Waals surface area contributed by atoms with Gasteiger partial charge in [-0.3, -0.25) is 19.5 Å². The molecule has 6 nitrogen and oxygen atoms in total. The molecule has 0 atom stereocenters. The molecule has 2 aliphatic heterocycles. The molecule has 0 spiro atoms. The van der Waals surface area contributed by atoms with Crippen molar-refractivity contribution in [3.63, 3.8) is 0 Å². The van der Waals surface area contributed by atoms with Crippen molar-refractivity contribution in [2.24, 2.45) is 9.98 Å². The first-order valence-electron chi connectivity index (χ1n) is 17.2. The molecule has 2 aromatic rings. The van der Waals surface area contributed by atoms with Gasteiger partial charge >= 0.3 is 0 Å². The number of benzene rings is 2. The van der Waals surface area contributed by atoms with Crippen LogP contribution in [0.1, 0.15) is 127 Å². The van der Waals surface area contributed by atoms with Crippen LogP contribution in [-0.2, 0) is 34.0 Å². The van der Waals surface area contributed by atoms with E-state index in [4.69, 9.17) is 9.98 Å². The molecule has 2 aromatic carbocycles. The van der Waals surface area contributed by atoms with Gasteiger partial charge in [0.1, 0.15) is 11.5 Å². The fraction of sp³-hybridized carbons (Fsp3) is 0.585. The molecule has 0 bridgehead atoms. The molecular formula is C41H65CoN4O2-. The Morgan fingerprint density at radius 1 is 0.812 bits per heavy atom. The van der Waals surface area contributed by atoms with Gasteiger partial charge in [0, 0.05) is 58.7 Å². The van der Waals surface area contributed by atoms with Gasteiger partial charge in [-0.1, -0.05) is 53.7 Å². The van der Waals surface area contributed by atoms with Crippen molar-refractivity contribution in [1.82, 2.24) is 4.90 Å². The summed E-state index contributed by atoms with van der Waals surface area (Å²) in [7, 11) is 0. The number of rotatable bonds is 9. The van der Waals surface area contributed by atoms with Crippen LogP contribution in [0.2, 0.25) is 0 Å². The molecule has 2 heterocycles. The summed E-state index contributed by atoms with van der Waals surface area (Å²) in [6.07, 6.45) is 11.9. The third kappa shape index (κ3) is 11.5. The van der Waals surface area contributed by atoms with Crippen LogP contribution in [-0.4, -0.2) is 76.2 Å². The number of phenolic OH excluding ortho intramolecular Hbond substituents is 2. The second kappa shape index (κ2) is 17.8. The largest absolute Gasteiger partial charge is 0.507 e. The Balaban J connectivity index is 0.00000384. The van der Waals surface area contributed by atoms with E-state index in [9.17, 15) is 10.2 Å². The maximum absolute atomic E-state index is 11.2. The first-order valence-corrected chi connectivity index (χ1v) is 17.2. The summed E-state index contributed by atoms with van der Waals surface area (Å²) in [5, 5.41) is 22.4. The van der Waals surface area contributed by atoms with E-state index in [1.54, 1.807) is 18.3 Å². The van der Waals surface area contributed by atoms with Crippen molar-refractivity contribution in [3.8, 4) is 11.5 Å². The number of amidine groups is 1. The van der Waals surface area contributed by atoms with Crippen LogP contribution in [0.3, 0.4) is 0 Å². The van der Waals surface area contributed by atoms with E-state index in [-0.39, 0.29) is 42.5 Å². The molecule has 0 saturated carbocycles. The van der Waals surface area contributed by atoms with Crippen LogP contribution in [0.5, 0.6) is 11.5 Å². The molecule has 0 fully saturated rings. The molecule has 48 heavy (non-hydrogen) atoms. The zero-order valence-electron chi connectivity index (χ0n) is 32.0. The van der Waals surface area contributed by atoms with Crippen LogP contribution >= 0.6 is 0 Å². The molecule has 7 heteroatoms. The van der Waals surface area contributed by atoms with Gasteiger partial charge in [0.2, 0.25) is 5.84 Å². The second-order valence-corrected chi connectivity index (χ2v) is 16.0. The molecule has 2 aliphatic rings. The van der Waals surface area contributed by atoms with Crippen LogP contribution in [0.15, 0.2) is 34.3 Å². The topological polar surface area (TPSA) is 71.4 Å². The molecule has 0 unspecified atom stereocenters. The molecule has 2 N–H and O–H groups in total. The van der Waals surface area contributed by atoms with Gasteiger partial charge in [-0.2, -0.15) is 0 Å². The maximum atomic E-state index is 11.2. The summed E-state index contributed by atoms with van der Waals surface area (Å²) >= 11 is 0. The summed E-state index contributed by atoms with van der Waals surface area (Å²) in [5.74, 6) is 2.18. The summed E-state index contributed by atoms with van der Waals surface area (Å²) < 4.78 is 2.62. The minimum absolute atomic E-state index is 0. The number of hydrogen-bond donors (Lipinski definition) is 2. The monoisotopic (exact) mass is 704 g/mol. The Bertz CT molecular complexity index is 1440. The Hall–Kier alpha value is -2.64. The second-order valence-electron chi connectivity index (χ2n) is 16.0. The van der Waals surface area contributed by atoms with Gasteiger partial charge in [-0.05, 0) is 92.5 Å². The van der Waals surface area contributed by atoms with Gasteiger partial charge in [-0.25, -0.2) is 0 Å². The fourth-order valence-corrected chi connectivity index (χ4v) is 6.52. The standard InChI is InChI=1S/C39H58N4O2.2CH3.Co/c1-28-21-29(15-13-18-43-20-14-19-42-17-12-10-11-16-34(42)43)35(44)30(22-28)26-41-39(8,9)27-40-25-31-23-32(37(2,3)4)24-33(36(31)45)38(5,6)7;;;/h21-26H,10-20,27H2,1-9H3,(H-,40,41,44,45);2*1H3;/q;2*-1;/p+1. The van der Waals surface area contributed by atoms with Gasteiger partial charge < -0.3 is 25.1 Å². The van der Waals surface area contributed by atoms with E-state index in [1.165, 1.54) is 50.8 Å². The van der Waals surface area contributed by atoms with Crippen LogP contribution in [0.4, 0.5) is 0 Å². The van der Waals surface area contributed by atoms with Crippen molar-refractivity contribution in [2.45, 2.75) is 124 Å². The predicted molar refractivity (Wildman–Crippen MR) is 203 cm³/mol. The molecule has 271 valence electrons. The van der Waals surface area contributed by atoms with Crippen molar-refractivity contribution in [2.75, 3.05) is 32.7 Å². The number of hydrogen-bond acceptors (Lipinski definition) is 5. The summed E-state index contributed by atoms with van der Waals surface area (Å²) in [4.78, 5) is 12.2. The Labute approximate surface area is 304 Å². The van der Waals surface area contributed by atoms with E-state index in [0.29, 0.717) is 18.0 Å². The maximum Gasteiger partial charge on any atom is 0.246 e. The van der Waals surface area contributed by atoms with Gasteiger partial charge in [-0.15, -0.1) is 0 Å². The Kier molecular flexibility index (Phi) is 16.1. The number of aliphatic imine (C=N–C) groups is 2. The quantitative estimate of drug-likeness (QED) is 0.156. The van der Waals surface area contributed by atoms with Crippen LogP contribution in [0, 0.1) is 21.8 Å². The fourth-order valence-electron chi connectivity index (χ4n) is 6.52. The SMILES string of the molecule is Cc1cc(C=NC(C)(C)CN=Cc2cc(C(C)(C)C)cc(C(C)(C)C)c2O)c(O)c(CCCN2CCC[N+]3=C2CCCCC3)c1.[CH3-].[CH3-].[Co]. The third-order valence-electron chi connectivity index (χ3n) is 9.23. The third-order valence-corrected chi connectivity index (χ3v) is 9.23. The predicted octanol–water partition coefficient (Wildman–Crippen LogP) is 8.84. The average molecular weight is 705 g/mol. The zero-order valence-corrected chi connectivity index (χ0v) is 33.0. The number of phenols is 2. The average Bonchev–Trinajstić information content (AvgIpc) is 3.20. The van der Waals surface area contributed by atoms with Gasteiger partial charge in [0.25, 0.3) is 0 Å². The van der Waals surface area contributed by atoms with Crippen molar-refractivity contribution in [3.05, 3.63) is 72.5 Å². The summed E-state index contributed by atoms with van der Waals surface area (Å²) in [6, 6.07) is 8.30. The van der Waals surface area contributed by atoms with Gasteiger partial charge in [0.15, 0.2) is 0 Å². The van der Waals surface area contributed by atoms with Crippen LogP contribution < -0.4 is 0 Å². The van der Waals surface area contributed by atoms with Gasteiger partial charge in [0.05, 0.1) is 38.3 Å². The molecule has 4 rings (SSSR count). The Morgan fingerprint density at radius 2 is 1.48 bits per heavy atom. The number of aromatic hydroxyl groups is 2. The first-order chi connectivity index (χ1) is 21.0. The normalized spacial score (nSPS) is 15.9. The zero-order chi connectivity index (χ0) is 33.0. The number of nitrogens with zero attached hydrogens (tertiary/aromatic N) is 4. The molecule has 0 amide bonds. The minimum atomic E-state index is -0.479. The smallest absolute Gasteiger partial charge is 0.246 e. The van der Waals surface area contributed by atoms with E-state index in [2.05, 4.69) is 70.1 Å². The molecule has 0 aromatic heterocycles. The first kappa shape index (κ1) is 43.4. The van der Waals surface area contributed by atoms with E-state index in [1.807, 2.05) is 26.0 Å². The molecule has 1 radical (unpaired) electrons. The molecule has 0 saturated heterocycles. The Morgan fingerprint density at radius 3 is 2.15 bits per heavy atom. The van der Waals surface area contributed by atoms with E-state index < -0.39 is 5.54 Å². The van der Waals surface area contributed by atoms with Crippen molar-refractivity contribution < 1.29 is 31.6 Å². The number of aryl methyl sites for hydroxylation is 2. The minimum Gasteiger partial charge on any atom is -0.507 e. The molecule has 0 aliphatic carbocycles. The summed E-state index contributed by atoms with van der Waals surface area (Å²) in [5.41, 5.74) is 5.02. The molecular weight excluding hydrogens is 639 g/mol. The van der Waals surface area contributed by atoms with Crippen molar-refractivity contribution >= 4 is 18.3 Å².